The maximum Gasteiger partial charge on any atom is 0.0176 e. The van der Waals surface area contributed by atoms with Crippen molar-refractivity contribution >= 4 is 11.4 Å². The van der Waals surface area contributed by atoms with Gasteiger partial charge in [-0.1, -0.05) is 12.5 Å². The van der Waals surface area contributed by atoms with Crippen LogP contribution in [0.3, 0.4) is 0 Å². The standard InChI is InChI=1S/C17H21N4.Ir/c1-4-6-15-16(20-11-9-18(2)13-20)7-5-8-17(15)21-12-10-19(3)14-21;/h5,7-14H,1,4,6H2,2-3H3;/q-3;. The van der Waals surface area contributed by atoms with Gasteiger partial charge in [-0.25, -0.2) is 0 Å². The van der Waals surface area contributed by atoms with Crippen LogP contribution in [0, 0.1) is 20.3 Å². The smallest absolute Gasteiger partial charge is 0.0176 e. The summed E-state index contributed by atoms with van der Waals surface area (Å²) in [7, 11) is 4.07. The van der Waals surface area contributed by atoms with Crippen LogP contribution < -0.4 is 9.80 Å². The molecule has 0 aromatic heterocycles. The van der Waals surface area contributed by atoms with E-state index in [1.807, 2.05) is 14.1 Å². The molecule has 2 aliphatic heterocycles. The zero-order chi connectivity index (χ0) is 14.8. The van der Waals surface area contributed by atoms with E-state index in [2.05, 4.69) is 82.9 Å². The summed E-state index contributed by atoms with van der Waals surface area (Å²) in [4.78, 5) is 8.43. The molecule has 2 aliphatic rings. The van der Waals surface area contributed by atoms with Gasteiger partial charge in [-0.3, -0.25) is 0 Å². The van der Waals surface area contributed by atoms with Crippen molar-refractivity contribution in [2.75, 3.05) is 23.9 Å². The fourth-order valence-electron chi connectivity index (χ4n) is 2.66. The van der Waals surface area contributed by atoms with Crippen molar-refractivity contribution in [2.45, 2.75) is 12.8 Å². The number of benzene rings is 1. The molecule has 121 valence electrons. The Bertz CT molecular complexity index is 526. The first kappa shape index (κ1) is 16.9. The Labute approximate surface area is 147 Å². The number of rotatable bonds is 4. The van der Waals surface area contributed by atoms with Crippen molar-refractivity contribution in [3.63, 3.8) is 0 Å². The summed E-state index contributed by atoms with van der Waals surface area (Å²) < 4.78 is 0. The zero-order valence-electron chi connectivity index (χ0n) is 12.9. The summed E-state index contributed by atoms with van der Waals surface area (Å²) in [6.45, 7) is 8.20. The van der Waals surface area contributed by atoms with Gasteiger partial charge in [-0.05, 0) is 56.6 Å². The second-order valence-electron chi connectivity index (χ2n) is 5.35. The Morgan fingerprint density at radius 3 is 1.77 bits per heavy atom. The third kappa shape index (κ3) is 3.31. The van der Waals surface area contributed by atoms with Gasteiger partial charge in [0, 0.05) is 31.5 Å². The molecule has 3 rings (SSSR count). The zero-order valence-corrected chi connectivity index (χ0v) is 15.3. The first-order valence-electron chi connectivity index (χ1n) is 7.17. The molecular weight excluding hydrogens is 452 g/mol. The average molecular weight is 474 g/mol. The minimum Gasteiger partial charge on any atom is -0.510 e. The summed E-state index contributed by atoms with van der Waals surface area (Å²) in [6, 6.07) is 6.44. The summed E-state index contributed by atoms with van der Waals surface area (Å²) in [5.74, 6) is 0. The molecule has 0 spiro atoms. The molecule has 4 nitrogen and oxygen atoms in total. The molecule has 1 aromatic rings. The summed E-state index contributed by atoms with van der Waals surface area (Å²) >= 11 is 0. The largest absolute Gasteiger partial charge is 0.510 e. The molecule has 2 heterocycles. The van der Waals surface area contributed by atoms with Crippen LogP contribution in [-0.4, -0.2) is 23.9 Å². The van der Waals surface area contributed by atoms with Crippen LogP contribution in [0.2, 0.25) is 0 Å². The quantitative estimate of drug-likeness (QED) is 0.623. The van der Waals surface area contributed by atoms with Gasteiger partial charge in [-0.15, -0.1) is 0 Å². The number of hydrogen-bond acceptors (Lipinski definition) is 4. The molecule has 0 unspecified atom stereocenters. The molecule has 1 radical (unpaired) electrons. The van der Waals surface area contributed by atoms with E-state index in [1.165, 1.54) is 16.9 Å². The van der Waals surface area contributed by atoms with Gasteiger partial charge in [0.2, 0.25) is 0 Å². The predicted octanol–water partition coefficient (Wildman–Crippen LogP) is 3.14. The van der Waals surface area contributed by atoms with Crippen molar-refractivity contribution in [1.82, 2.24) is 9.80 Å². The SMILES string of the molecule is [CH2-]CCc1c(N2C=CN(C)[CH-]2)cccc1N1C=CN(C)[CH-]1.[Ir]. The van der Waals surface area contributed by atoms with Crippen molar-refractivity contribution in [3.05, 3.63) is 68.8 Å². The molecule has 0 saturated carbocycles. The topological polar surface area (TPSA) is 13.0 Å². The normalized spacial score (nSPS) is 16.7. The van der Waals surface area contributed by atoms with E-state index < -0.39 is 0 Å². The fraction of sp³-hybridized carbons (Fsp3) is 0.235. The maximum atomic E-state index is 4.03. The van der Waals surface area contributed by atoms with Crippen LogP contribution in [0.25, 0.3) is 0 Å². The Morgan fingerprint density at radius 2 is 1.41 bits per heavy atom. The minimum absolute atomic E-state index is 0. The fourth-order valence-corrected chi connectivity index (χ4v) is 2.66. The minimum atomic E-state index is 0. The molecule has 0 aliphatic carbocycles. The van der Waals surface area contributed by atoms with E-state index in [-0.39, 0.29) is 20.1 Å². The molecule has 0 atom stereocenters. The third-order valence-electron chi connectivity index (χ3n) is 3.65. The maximum absolute atomic E-state index is 4.03. The van der Waals surface area contributed by atoms with Gasteiger partial charge in [-0.2, -0.15) is 19.8 Å². The van der Waals surface area contributed by atoms with Crippen LogP contribution in [-0.2, 0) is 26.5 Å². The Kier molecular flexibility index (Phi) is 5.54. The van der Waals surface area contributed by atoms with E-state index in [9.17, 15) is 0 Å². The van der Waals surface area contributed by atoms with Gasteiger partial charge >= 0.3 is 0 Å². The average Bonchev–Trinajstić information content (AvgIpc) is 3.08. The van der Waals surface area contributed by atoms with Crippen molar-refractivity contribution in [1.29, 1.82) is 0 Å². The number of nitrogens with zero attached hydrogens (tertiary/aromatic N) is 4. The van der Waals surface area contributed by atoms with Gasteiger partial charge in [0.1, 0.15) is 0 Å². The van der Waals surface area contributed by atoms with E-state index >= 15 is 0 Å². The molecule has 1 aromatic carbocycles. The Hall–Kier alpha value is -1.45. The molecule has 22 heavy (non-hydrogen) atoms. The summed E-state index contributed by atoms with van der Waals surface area (Å²) in [5, 5.41) is 0. The molecule has 0 amide bonds. The second-order valence-corrected chi connectivity index (χ2v) is 5.35. The van der Waals surface area contributed by atoms with Crippen LogP contribution in [0.1, 0.15) is 12.0 Å². The van der Waals surface area contributed by atoms with E-state index in [0.29, 0.717) is 0 Å². The van der Waals surface area contributed by atoms with E-state index in [0.717, 1.165) is 12.8 Å². The Morgan fingerprint density at radius 1 is 0.909 bits per heavy atom. The van der Waals surface area contributed by atoms with E-state index in [1.54, 1.807) is 0 Å². The molecule has 5 heteroatoms. The van der Waals surface area contributed by atoms with Crippen LogP contribution in [0.5, 0.6) is 0 Å². The van der Waals surface area contributed by atoms with Gasteiger partial charge in [0.05, 0.1) is 0 Å². The molecular formula is C17H21IrN4-3. The summed E-state index contributed by atoms with van der Waals surface area (Å²) in [5.41, 5.74) is 3.75. The van der Waals surface area contributed by atoms with Crippen molar-refractivity contribution < 1.29 is 20.1 Å². The van der Waals surface area contributed by atoms with Crippen LogP contribution in [0.15, 0.2) is 43.0 Å². The van der Waals surface area contributed by atoms with Crippen molar-refractivity contribution in [2.24, 2.45) is 0 Å². The number of hydrogen-bond donors (Lipinski definition) is 0. The summed E-state index contributed by atoms with van der Waals surface area (Å²) in [6.07, 6.45) is 10.1. The Balaban J connectivity index is 0.00000176. The predicted molar refractivity (Wildman–Crippen MR) is 87.5 cm³/mol. The molecule has 0 N–H and O–H groups in total. The van der Waals surface area contributed by atoms with Gasteiger partial charge in [0.25, 0.3) is 0 Å². The monoisotopic (exact) mass is 474 g/mol. The molecule has 0 fully saturated rings. The van der Waals surface area contributed by atoms with E-state index in [4.69, 9.17) is 0 Å². The number of anilines is 2. The molecule has 0 bridgehead atoms. The third-order valence-corrected chi connectivity index (χ3v) is 3.65. The molecule has 0 saturated heterocycles. The van der Waals surface area contributed by atoms with Gasteiger partial charge in [0.15, 0.2) is 0 Å². The van der Waals surface area contributed by atoms with Gasteiger partial charge < -0.3 is 26.5 Å². The first-order valence-corrected chi connectivity index (χ1v) is 7.17. The van der Waals surface area contributed by atoms with Crippen LogP contribution in [0.4, 0.5) is 11.4 Å². The van der Waals surface area contributed by atoms with Crippen LogP contribution >= 0.6 is 0 Å². The van der Waals surface area contributed by atoms with Crippen molar-refractivity contribution in [3.8, 4) is 0 Å². The first-order chi connectivity index (χ1) is 10.2. The second kappa shape index (κ2) is 7.21.